The van der Waals surface area contributed by atoms with Crippen LogP contribution in [0.1, 0.15) is 5.69 Å². The molecule has 18 heavy (non-hydrogen) atoms. The summed E-state index contributed by atoms with van der Waals surface area (Å²) in [5, 5.41) is 16.2. The van der Waals surface area contributed by atoms with Gasteiger partial charge in [-0.25, -0.2) is 0 Å². The fourth-order valence-electron chi connectivity index (χ4n) is 0.827. The van der Waals surface area contributed by atoms with E-state index in [2.05, 4.69) is 17.1 Å². The molecule has 0 saturated carbocycles. The molecule has 1 heterocycles. The number of nitro groups is 1. The molecule has 1 rings (SSSR count). The molecule has 102 valence electrons. The Balaban J connectivity index is 0.000000411. The second-order valence-corrected chi connectivity index (χ2v) is 4.15. The van der Waals surface area contributed by atoms with Gasteiger partial charge in [-0.2, -0.15) is 11.8 Å². The molecule has 0 unspecified atom stereocenters. The van der Waals surface area contributed by atoms with Gasteiger partial charge in [0.1, 0.15) is 6.26 Å². The Morgan fingerprint density at radius 3 is 2.94 bits per heavy atom. The highest BCUT2D eigenvalue weighted by molar-refractivity contribution is 7.98. The SMILES string of the molecule is C=CNCCSCc1ccon1.NCC[N+](=O)[O-]. The lowest BCUT2D eigenvalue weighted by atomic mass is 10.5. The first kappa shape index (κ1) is 16.5. The molecule has 1 aromatic rings. The molecule has 0 spiro atoms. The molecule has 7 nitrogen and oxygen atoms in total. The first-order chi connectivity index (χ1) is 8.70. The summed E-state index contributed by atoms with van der Waals surface area (Å²) in [5.41, 5.74) is 5.79. The second-order valence-electron chi connectivity index (χ2n) is 3.05. The highest BCUT2D eigenvalue weighted by atomic mass is 32.2. The summed E-state index contributed by atoms with van der Waals surface area (Å²) in [7, 11) is 0. The van der Waals surface area contributed by atoms with Crippen molar-refractivity contribution in [2.75, 3.05) is 25.4 Å². The zero-order valence-corrected chi connectivity index (χ0v) is 10.9. The van der Waals surface area contributed by atoms with E-state index < -0.39 is 4.92 Å². The molecule has 8 heteroatoms. The Bertz CT molecular complexity index is 319. The van der Waals surface area contributed by atoms with Gasteiger partial charge in [-0.05, 0) is 6.20 Å². The highest BCUT2D eigenvalue weighted by Crippen LogP contribution is 2.08. The van der Waals surface area contributed by atoms with Gasteiger partial charge in [-0.1, -0.05) is 11.7 Å². The molecule has 0 aliphatic rings. The second kappa shape index (κ2) is 11.9. The number of rotatable bonds is 8. The summed E-state index contributed by atoms with van der Waals surface area (Å²) in [5.74, 6) is 1.97. The van der Waals surface area contributed by atoms with Gasteiger partial charge in [0.25, 0.3) is 0 Å². The Kier molecular flexibility index (Phi) is 10.9. The third kappa shape index (κ3) is 11.0. The molecular weight excluding hydrogens is 256 g/mol. The zero-order chi connectivity index (χ0) is 13.6. The largest absolute Gasteiger partial charge is 0.391 e. The predicted octanol–water partition coefficient (Wildman–Crippen LogP) is 0.863. The van der Waals surface area contributed by atoms with Gasteiger partial charge in [0.05, 0.1) is 12.2 Å². The minimum atomic E-state index is -0.444. The van der Waals surface area contributed by atoms with Crippen LogP contribution in [-0.2, 0) is 5.75 Å². The smallest absolute Gasteiger partial charge is 0.215 e. The normalized spacial score (nSPS) is 9.17. The third-order valence-corrected chi connectivity index (χ3v) is 2.58. The number of hydrogen-bond acceptors (Lipinski definition) is 7. The number of nitrogens with zero attached hydrogens (tertiary/aromatic N) is 2. The van der Waals surface area contributed by atoms with Gasteiger partial charge in [0.15, 0.2) is 0 Å². The maximum absolute atomic E-state index is 9.32. The minimum Gasteiger partial charge on any atom is -0.391 e. The van der Waals surface area contributed by atoms with E-state index in [4.69, 9.17) is 10.3 Å². The van der Waals surface area contributed by atoms with E-state index in [0.29, 0.717) is 0 Å². The molecule has 3 N–H and O–H groups in total. The van der Waals surface area contributed by atoms with Crippen molar-refractivity contribution in [3.8, 4) is 0 Å². The summed E-state index contributed by atoms with van der Waals surface area (Å²) in [6.07, 6.45) is 3.30. The summed E-state index contributed by atoms with van der Waals surface area (Å²) in [4.78, 5) is 8.88. The lowest BCUT2D eigenvalue weighted by Gasteiger charge is -1.98. The molecule has 0 radical (unpaired) electrons. The molecule has 0 bridgehead atoms. The van der Waals surface area contributed by atoms with Crippen molar-refractivity contribution in [1.82, 2.24) is 10.5 Å². The summed E-state index contributed by atoms with van der Waals surface area (Å²) in [6, 6.07) is 1.88. The number of thioether (sulfide) groups is 1. The van der Waals surface area contributed by atoms with Crippen LogP contribution in [0.25, 0.3) is 0 Å². The van der Waals surface area contributed by atoms with Gasteiger partial charge in [0.2, 0.25) is 6.54 Å². The van der Waals surface area contributed by atoms with Crippen molar-refractivity contribution >= 4 is 11.8 Å². The minimum absolute atomic E-state index is 0.125. The van der Waals surface area contributed by atoms with Gasteiger partial charge in [-0.3, -0.25) is 10.1 Å². The maximum Gasteiger partial charge on any atom is 0.215 e. The van der Waals surface area contributed by atoms with Crippen molar-refractivity contribution in [2.24, 2.45) is 5.73 Å². The first-order valence-electron chi connectivity index (χ1n) is 5.33. The molecule has 0 fully saturated rings. The number of aromatic nitrogens is 1. The van der Waals surface area contributed by atoms with Gasteiger partial charge in [-0.15, -0.1) is 0 Å². The first-order valence-corrected chi connectivity index (χ1v) is 6.49. The van der Waals surface area contributed by atoms with Crippen LogP contribution >= 0.6 is 11.8 Å². The van der Waals surface area contributed by atoms with Crippen LogP contribution in [0.5, 0.6) is 0 Å². The summed E-state index contributed by atoms with van der Waals surface area (Å²) >= 11 is 1.82. The Morgan fingerprint density at radius 2 is 2.50 bits per heavy atom. The van der Waals surface area contributed by atoms with Crippen molar-refractivity contribution < 1.29 is 9.45 Å². The van der Waals surface area contributed by atoms with Crippen LogP contribution in [-0.4, -0.2) is 35.5 Å². The Labute approximate surface area is 110 Å². The van der Waals surface area contributed by atoms with Gasteiger partial charge < -0.3 is 15.6 Å². The Morgan fingerprint density at radius 1 is 1.72 bits per heavy atom. The van der Waals surface area contributed by atoms with Crippen LogP contribution in [0.15, 0.2) is 29.6 Å². The molecule has 0 saturated heterocycles. The van der Waals surface area contributed by atoms with Crippen LogP contribution in [0.2, 0.25) is 0 Å². The van der Waals surface area contributed by atoms with Crippen LogP contribution < -0.4 is 11.1 Å². The summed E-state index contributed by atoms with van der Waals surface area (Å²) in [6.45, 7) is 4.52. The lowest BCUT2D eigenvalue weighted by Crippen LogP contribution is -2.12. The van der Waals surface area contributed by atoms with E-state index in [9.17, 15) is 10.1 Å². The van der Waals surface area contributed by atoms with Gasteiger partial charge in [0, 0.05) is 29.0 Å². The highest BCUT2D eigenvalue weighted by Gasteiger charge is 1.95. The average molecular weight is 274 g/mol. The molecule has 0 atom stereocenters. The molecular formula is C10H18N4O3S. The number of nitrogens with two attached hydrogens (primary N) is 1. The fourth-order valence-corrected chi connectivity index (χ4v) is 1.59. The predicted molar refractivity (Wildman–Crippen MR) is 71.8 cm³/mol. The zero-order valence-electron chi connectivity index (χ0n) is 10.1. The van der Waals surface area contributed by atoms with Crippen LogP contribution in [0.4, 0.5) is 0 Å². The quantitative estimate of drug-likeness (QED) is 0.411. The van der Waals surface area contributed by atoms with E-state index in [-0.39, 0.29) is 13.1 Å². The molecule has 0 aliphatic carbocycles. The fraction of sp³-hybridized carbons (Fsp3) is 0.500. The molecule has 1 aromatic heterocycles. The summed E-state index contributed by atoms with van der Waals surface area (Å²) < 4.78 is 4.70. The van der Waals surface area contributed by atoms with E-state index in [1.54, 1.807) is 12.5 Å². The maximum atomic E-state index is 9.32. The third-order valence-electron chi connectivity index (χ3n) is 1.59. The van der Waals surface area contributed by atoms with Crippen LogP contribution in [0.3, 0.4) is 0 Å². The number of nitrogens with one attached hydrogen (secondary N) is 1. The van der Waals surface area contributed by atoms with Crippen molar-refractivity contribution in [2.45, 2.75) is 5.75 Å². The van der Waals surface area contributed by atoms with Crippen LogP contribution in [0, 0.1) is 10.1 Å². The Hall–Kier alpha value is -1.54. The van der Waals surface area contributed by atoms with Gasteiger partial charge >= 0.3 is 0 Å². The molecule has 0 aromatic carbocycles. The average Bonchev–Trinajstić information content (AvgIpc) is 2.82. The standard InChI is InChI=1S/C8H12N2OS.C2H6N2O2/c1-2-9-4-6-12-7-8-3-5-11-10-8;3-1-2-4(5)6/h2-3,5,9H,1,4,6-7H2;1-3H2. The topological polar surface area (TPSA) is 107 Å². The van der Waals surface area contributed by atoms with E-state index in [1.807, 2.05) is 17.8 Å². The number of hydrogen-bond donors (Lipinski definition) is 2. The van der Waals surface area contributed by atoms with Crippen molar-refractivity contribution in [1.29, 1.82) is 0 Å². The molecule has 0 amide bonds. The monoisotopic (exact) mass is 274 g/mol. The lowest BCUT2D eigenvalue weighted by molar-refractivity contribution is -0.477. The van der Waals surface area contributed by atoms with E-state index in [1.165, 1.54) is 0 Å². The van der Waals surface area contributed by atoms with E-state index >= 15 is 0 Å². The van der Waals surface area contributed by atoms with Crippen molar-refractivity contribution in [3.63, 3.8) is 0 Å². The molecule has 0 aliphatic heterocycles. The van der Waals surface area contributed by atoms with E-state index in [0.717, 1.165) is 23.7 Å². The van der Waals surface area contributed by atoms with Crippen molar-refractivity contribution in [3.05, 3.63) is 40.9 Å².